The van der Waals surface area contributed by atoms with E-state index in [0.29, 0.717) is 5.92 Å². The lowest BCUT2D eigenvalue weighted by Gasteiger charge is -2.14. The van der Waals surface area contributed by atoms with E-state index in [1.807, 2.05) is 0 Å². The minimum Gasteiger partial charge on any atom is -0.496 e. The lowest BCUT2D eigenvalue weighted by Crippen LogP contribution is -1.96. The van der Waals surface area contributed by atoms with Gasteiger partial charge in [-0.25, -0.2) is 0 Å². The summed E-state index contributed by atoms with van der Waals surface area (Å²) in [4.78, 5) is 0. The maximum absolute atomic E-state index is 5.35. The summed E-state index contributed by atoms with van der Waals surface area (Å²) in [6.45, 7) is 6.51. The molecule has 1 aromatic rings. The van der Waals surface area contributed by atoms with Crippen molar-refractivity contribution in [1.29, 1.82) is 0 Å². The van der Waals surface area contributed by atoms with Crippen molar-refractivity contribution < 1.29 is 4.74 Å². The van der Waals surface area contributed by atoms with Gasteiger partial charge < -0.3 is 4.74 Å². The number of aryl methyl sites for hydroxylation is 1. The van der Waals surface area contributed by atoms with E-state index < -0.39 is 0 Å². The molecule has 0 aromatic heterocycles. The molecule has 0 N–H and O–H groups in total. The zero-order chi connectivity index (χ0) is 9.84. The Kier molecular flexibility index (Phi) is 3.35. The van der Waals surface area contributed by atoms with Gasteiger partial charge in [-0.15, -0.1) is 0 Å². The molecule has 0 aliphatic heterocycles. The Balaban J connectivity index is 3.05. The van der Waals surface area contributed by atoms with Crippen LogP contribution in [-0.4, -0.2) is 7.11 Å². The molecular formula is C12H18O. The Labute approximate surface area is 80.7 Å². The normalized spacial score (nSPS) is 12.6. The summed E-state index contributed by atoms with van der Waals surface area (Å²) in [5, 5.41) is 0. The Morgan fingerprint density at radius 2 is 2.08 bits per heavy atom. The molecule has 72 valence electrons. The summed E-state index contributed by atoms with van der Waals surface area (Å²) in [6.07, 6.45) is 1.15. The van der Waals surface area contributed by atoms with E-state index in [1.54, 1.807) is 7.11 Å². The molecule has 0 saturated heterocycles. The van der Waals surface area contributed by atoms with Crippen molar-refractivity contribution in [2.75, 3.05) is 7.11 Å². The van der Waals surface area contributed by atoms with E-state index in [1.165, 1.54) is 11.1 Å². The van der Waals surface area contributed by atoms with E-state index in [-0.39, 0.29) is 0 Å². The van der Waals surface area contributed by atoms with Crippen molar-refractivity contribution in [3.8, 4) is 5.75 Å². The zero-order valence-corrected chi connectivity index (χ0v) is 8.92. The largest absolute Gasteiger partial charge is 0.496 e. The topological polar surface area (TPSA) is 9.23 Å². The number of methoxy groups -OCH3 is 1. The second kappa shape index (κ2) is 4.31. The molecule has 1 nitrogen and oxygen atoms in total. The molecule has 0 amide bonds. The van der Waals surface area contributed by atoms with Gasteiger partial charge in [0.1, 0.15) is 5.75 Å². The molecule has 0 fully saturated rings. The van der Waals surface area contributed by atoms with Gasteiger partial charge in [-0.2, -0.15) is 0 Å². The van der Waals surface area contributed by atoms with Crippen molar-refractivity contribution in [3.63, 3.8) is 0 Å². The molecule has 0 spiro atoms. The molecule has 0 aliphatic carbocycles. The average molecular weight is 178 g/mol. The van der Waals surface area contributed by atoms with Gasteiger partial charge in [-0.1, -0.05) is 26.0 Å². The number of hydrogen-bond acceptors (Lipinski definition) is 1. The molecule has 1 rings (SSSR count). The van der Waals surface area contributed by atoms with E-state index in [4.69, 9.17) is 4.74 Å². The van der Waals surface area contributed by atoms with Gasteiger partial charge in [0.25, 0.3) is 0 Å². The summed E-state index contributed by atoms with van der Waals surface area (Å²) in [6, 6.07) is 6.41. The Hall–Kier alpha value is -0.980. The van der Waals surface area contributed by atoms with Gasteiger partial charge in [0.2, 0.25) is 0 Å². The molecule has 0 aliphatic rings. The number of ether oxygens (including phenoxy) is 1. The summed E-state index contributed by atoms with van der Waals surface area (Å²) in [7, 11) is 1.74. The maximum atomic E-state index is 5.35. The van der Waals surface area contributed by atoms with Crippen molar-refractivity contribution >= 4 is 0 Å². The molecular weight excluding hydrogens is 160 g/mol. The first-order valence-electron chi connectivity index (χ1n) is 4.83. The number of rotatable bonds is 3. The van der Waals surface area contributed by atoms with Crippen LogP contribution in [0.1, 0.15) is 37.3 Å². The zero-order valence-electron chi connectivity index (χ0n) is 8.92. The molecule has 1 heteroatoms. The van der Waals surface area contributed by atoms with Crippen LogP contribution in [0.2, 0.25) is 0 Å². The van der Waals surface area contributed by atoms with E-state index >= 15 is 0 Å². The van der Waals surface area contributed by atoms with Gasteiger partial charge in [0.15, 0.2) is 0 Å². The van der Waals surface area contributed by atoms with Crippen LogP contribution in [0.3, 0.4) is 0 Å². The fourth-order valence-corrected chi connectivity index (χ4v) is 1.45. The lowest BCUT2D eigenvalue weighted by molar-refractivity contribution is 0.405. The molecule has 0 saturated carbocycles. The minimum atomic E-state index is 0.579. The van der Waals surface area contributed by atoms with Crippen LogP contribution in [0.15, 0.2) is 18.2 Å². The molecule has 0 radical (unpaired) electrons. The highest BCUT2D eigenvalue weighted by Crippen LogP contribution is 2.29. The van der Waals surface area contributed by atoms with Crippen LogP contribution in [0.4, 0.5) is 0 Å². The highest BCUT2D eigenvalue weighted by atomic mass is 16.5. The smallest absolute Gasteiger partial charge is 0.122 e. The maximum Gasteiger partial charge on any atom is 0.122 e. The van der Waals surface area contributed by atoms with Gasteiger partial charge in [0, 0.05) is 0 Å². The quantitative estimate of drug-likeness (QED) is 0.688. The predicted octanol–water partition coefficient (Wildman–Crippen LogP) is 3.52. The van der Waals surface area contributed by atoms with Crippen molar-refractivity contribution in [2.24, 2.45) is 0 Å². The first kappa shape index (κ1) is 10.1. The highest BCUT2D eigenvalue weighted by Gasteiger charge is 2.08. The van der Waals surface area contributed by atoms with Gasteiger partial charge in [-0.05, 0) is 36.5 Å². The van der Waals surface area contributed by atoms with E-state index in [2.05, 4.69) is 39.0 Å². The second-order valence-corrected chi connectivity index (χ2v) is 3.55. The second-order valence-electron chi connectivity index (χ2n) is 3.55. The van der Waals surface area contributed by atoms with Crippen LogP contribution >= 0.6 is 0 Å². The average Bonchev–Trinajstić information content (AvgIpc) is 2.16. The van der Waals surface area contributed by atoms with Gasteiger partial charge >= 0.3 is 0 Å². The van der Waals surface area contributed by atoms with Crippen LogP contribution < -0.4 is 4.74 Å². The molecule has 0 heterocycles. The third-order valence-corrected chi connectivity index (χ3v) is 2.53. The van der Waals surface area contributed by atoms with E-state index in [0.717, 1.165) is 12.2 Å². The number of benzene rings is 1. The monoisotopic (exact) mass is 178 g/mol. The van der Waals surface area contributed by atoms with Crippen LogP contribution in [0.5, 0.6) is 5.75 Å². The summed E-state index contributed by atoms with van der Waals surface area (Å²) < 4.78 is 5.35. The van der Waals surface area contributed by atoms with Gasteiger partial charge in [-0.3, -0.25) is 0 Å². The third-order valence-electron chi connectivity index (χ3n) is 2.53. The first-order chi connectivity index (χ1) is 6.19. The molecule has 1 aromatic carbocycles. The van der Waals surface area contributed by atoms with Gasteiger partial charge in [0.05, 0.1) is 7.11 Å². The van der Waals surface area contributed by atoms with Crippen molar-refractivity contribution in [3.05, 3.63) is 29.3 Å². The molecule has 0 bridgehead atoms. The standard InChI is InChI=1S/C12H18O/c1-5-10(3)11-7-6-9(2)8-12(11)13-4/h6-8,10H,5H2,1-4H3. The third kappa shape index (κ3) is 2.24. The molecule has 1 unspecified atom stereocenters. The predicted molar refractivity (Wildman–Crippen MR) is 56.4 cm³/mol. The lowest BCUT2D eigenvalue weighted by atomic mass is 9.96. The number of hydrogen-bond donors (Lipinski definition) is 0. The Morgan fingerprint density at radius 1 is 1.38 bits per heavy atom. The first-order valence-corrected chi connectivity index (χ1v) is 4.83. The summed E-state index contributed by atoms with van der Waals surface area (Å²) >= 11 is 0. The van der Waals surface area contributed by atoms with Crippen molar-refractivity contribution in [1.82, 2.24) is 0 Å². The van der Waals surface area contributed by atoms with Crippen molar-refractivity contribution in [2.45, 2.75) is 33.1 Å². The molecule has 1 atom stereocenters. The van der Waals surface area contributed by atoms with Crippen LogP contribution in [-0.2, 0) is 0 Å². The Bertz CT molecular complexity index is 278. The van der Waals surface area contributed by atoms with Crippen LogP contribution in [0.25, 0.3) is 0 Å². The SMILES string of the molecule is CCC(C)c1ccc(C)cc1OC. The van der Waals surface area contributed by atoms with Crippen LogP contribution in [0, 0.1) is 6.92 Å². The fourth-order valence-electron chi connectivity index (χ4n) is 1.45. The minimum absolute atomic E-state index is 0.579. The Morgan fingerprint density at radius 3 is 2.62 bits per heavy atom. The van der Waals surface area contributed by atoms with E-state index in [9.17, 15) is 0 Å². The fraction of sp³-hybridized carbons (Fsp3) is 0.500. The molecule has 13 heavy (non-hydrogen) atoms. The summed E-state index contributed by atoms with van der Waals surface area (Å²) in [5.41, 5.74) is 2.57. The highest BCUT2D eigenvalue weighted by molar-refractivity contribution is 5.39. The summed E-state index contributed by atoms with van der Waals surface area (Å²) in [5.74, 6) is 1.60.